The van der Waals surface area contributed by atoms with Crippen molar-refractivity contribution in [2.45, 2.75) is 23.6 Å². The van der Waals surface area contributed by atoms with Crippen LogP contribution in [-0.2, 0) is 12.2 Å². The third-order valence-electron chi connectivity index (χ3n) is 3.74. The average Bonchev–Trinajstić information content (AvgIpc) is 2.67. The Kier molecular flexibility index (Phi) is 5.92. The fourth-order valence-corrected chi connectivity index (χ4v) is 3.48. The van der Waals surface area contributed by atoms with E-state index in [9.17, 15) is 14.0 Å². The zero-order valence-corrected chi connectivity index (χ0v) is 14.6. The molecule has 3 aromatic rings. The standard InChI is InChI=1S/C20H15F2N3S/c21-19(22)17-10-16(9-14-5-2-1-3-6-14)25-20(18(17)11-23)26-13-15-7-4-8-24-12-15/h1-8,10,12,19H,9,13H2. The van der Waals surface area contributed by atoms with Gasteiger partial charge in [0.05, 0.1) is 5.56 Å². The van der Waals surface area contributed by atoms with Gasteiger partial charge in [0.25, 0.3) is 6.43 Å². The summed E-state index contributed by atoms with van der Waals surface area (Å²) in [6, 6.07) is 16.5. The Balaban J connectivity index is 1.93. The van der Waals surface area contributed by atoms with Gasteiger partial charge in [0.2, 0.25) is 0 Å². The van der Waals surface area contributed by atoms with Crippen LogP contribution in [0, 0.1) is 11.3 Å². The molecule has 3 nitrogen and oxygen atoms in total. The maximum absolute atomic E-state index is 13.5. The molecule has 130 valence electrons. The van der Waals surface area contributed by atoms with E-state index in [0.29, 0.717) is 22.9 Å². The number of alkyl halides is 2. The summed E-state index contributed by atoms with van der Waals surface area (Å²) in [7, 11) is 0. The maximum Gasteiger partial charge on any atom is 0.265 e. The van der Waals surface area contributed by atoms with Crippen LogP contribution in [0.4, 0.5) is 8.78 Å². The van der Waals surface area contributed by atoms with E-state index in [-0.39, 0.29) is 11.1 Å². The lowest BCUT2D eigenvalue weighted by molar-refractivity contribution is 0.150. The van der Waals surface area contributed by atoms with Gasteiger partial charge in [-0.05, 0) is 23.3 Å². The smallest absolute Gasteiger partial charge is 0.264 e. The van der Waals surface area contributed by atoms with Gasteiger partial charge in [-0.1, -0.05) is 36.4 Å². The van der Waals surface area contributed by atoms with Gasteiger partial charge in [0.15, 0.2) is 0 Å². The van der Waals surface area contributed by atoms with E-state index < -0.39 is 6.43 Å². The van der Waals surface area contributed by atoms with E-state index in [2.05, 4.69) is 9.97 Å². The summed E-state index contributed by atoms with van der Waals surface area (Å²) in [5.74, 6) is 0.507. The van der Waals surface area contributed by atoms with E-state index in [1.807, 2.05) is 48.5 Å². The molecule has 0 saturated carbocycles. The Bertz CT molecular complexity index is 910. The molecule has 2 aromatic heterocycles. The van der Waals surface area contributed by atoms with Crippen molar-refractivity contribution in [1.29, 1.82) is 5.26 Å². The summed E-state index contributed by atoms with van der Waals surface area (Å²) in [5, 5.41) is 9.71. The third kappa shape index (κ3) is 4.44. The fourth-order valence-electron chi connectivity index (χ4n) is 2.51. The van der Waals surface area contributed by atoms with E-state index in [1.165, 1.54) is 17.8 Å². The predicted molar refractivity (Wildman–Crippen MR) is 97.0 cm³/mol. The second kappa shape index (κ2) is 8.54. The SMILES string of the molecule is N#Cc1c(C(F)F)cc(Cc2ccccc2)nc1SCc1cccnc1. The van der Waals surface area contributed by atoms with E-state index in [1.54, 1.807) is 12.4 Å². The number of halogens is 2. The molecule has 0 atom stereocenters. The van der Waals surface area contributed by atoms with Gasteiger partial charge >= 0.3 is 0 Å². The number of thioether (sulfide) groups is 1. The summed E-state index contributed by atoms with van der Waals surface area (Å²) in [4.78, 5) is 8.52. The molecule has 0 fully saturated rings. The number of hydrogen-bond donors (Lipinski definition) is 0. The number of nitriles is 1. The quantitative estimate of drug-likeness (QED) is 0.564. The predicted octanol–water partition coefficient (Wildman–Crippen LogP) is 5.17. The lowest BCUT2D eigenvalue weighted by atomic mass is 10.1. The van der Waals surface area contributed by atoms with Crippen LogP contribution in [0.15, 0.2) is 66.0 Å². The average molecular weight is 367 g/mol. The fraction of sp³-hybridized carbons (Fsp3) is 0.150. The van der Waals surface area contributed by atoms with Crippen molar-refractivity contribution >= 4 is 11.8 Å². The third-order valence-corrected chi connectivity index (χ3v) is 4.79. The minimum Gasteiger partial charge on any atom is -0.264 e. The molecule has 6 heteroatoms. The molecule has 0 N–H and O–H groups in total. The normalized spacial score (nSPS) is 10.7. The number of aromatic nitrogens is 2. The van der Waals surface area contributed by atoms with Gasteiger partial charge in [-0.3, -0.25) is 4.98 Å². The second-order valence-corrected chi connectivity index (χ2v) is 6.57. The molecule has 26 heavy (non-hydrogen) atoms. The number of pyridine rings is 2. The van der Waals surface area contributed by atoms with Crippen LogP contribution < -0.4 is 0 Å². The molecular weight excluding hydrogens is 352 g/mol. The number of rotatable bonds is 6. The Hall–Kier alpha value is -2.78. The molecule has 1 aromatic carbocycles. The van der Waals surface area contributed by atoms with Gasteiger partial charge in [-0.25, -0.2) is 13.8 Å². The van der Waals surface area contributed by atoms with Crippen molar-refractivity contribution in [2.75, 3.05) is 0 Å². The van der Waals surface area contributed by atoms with E-state index in [4.69, 9.17) is 0 Å². The zero-order chi connectivity index (χ0) is 18.4. The Morgan fingerprint density at radius 1 is 1.08 bits per heavy atom. The van der Waals surface area contributed by atoms with Gasteiger partial charge in [-0.15, -0.1) is 11.8 Å². The monoisotopic (exact) mass is 367 g/mol. The summed E-state index contributed by atoms with van der Waals surface area (Å²) in [5.41, 5.74) is 2.13. The first-order valence-electron chi connectivity index (χ1n) is 7.95. The number of hydrogen-bond acceptors (Lipinski definition) is 4. The molecule has 0 spiro atoms. The number of nitrogens with zero attached hydrogens (tertiary/aromatic N) is 3. The molecule has 0 radical (unpaired) electrons. The molecule has 0 amide bonds. The van der Waals surface area contributed by atoms with Crippen molar-refractivity contribution in [3.8, 4) is 6.07 Å². The Morgan fingerprint density at radius 3 is 2.50 bits per heavy atom. The van der Waals surface area contributed by atoms with Gasteiger partial charge < -0.3 is 0 Å². The Labute approximate surface area is 154 Å². The van der Waals surface area contributed by atoms with Crippen LogP contribution in [0.3, 0.4) is 0 Å². The summed E-state index contributed by atoms with van der Waals surface area (Å²) in [6.45, 7) is 0. The molecule has 0 aliphatic carbocycles. The van der Waals surface area contributed by atoms with Crippen molar-refractivity contribution in [2.24, 2.45) is 0 Å². The van der Waals surface area contributed by atoms with Crippen LogP contribution in [0.1, 0.15) is 34.4 Å². The van der Waals surface area contributed by atoms with Crippen LogP contribution in [0.2, 0.25) is 0 Å². The minimum absolute atomic E-state index is 0.0503. The van der Waals surface area contributed by atoms with Crippen LogP contribution in [0.5, 0.6) is 0 Å². The second-order valence-electron chi connectivity index (χ2n) is 5.61. The first-order valence-corrected chi connectivity index (χ1v) is 8.93. The summed E-state index contributed by atoms with van der Waals surface area (Å²) < 4.78 is 27.0. The molecule has 0 saturated heterocycles. The summed E-state index contributed by atoms with van der Waals surface area (Å²) >= 11 is 1.27. The first-order chi connectivity index (χ1) is 12.7. The molecule has 0 aliphatic heterocycles. The van der Waals surface area contributed by atoms with Crippen molar-refractivity contribution < 1.29 is 8.78 Å². The van der Waals surface area contributed by atoms with Crippen LogP contribution >= 0.6 is 11.8 Å². The van der Waals surface area contributed by atoms with Crippen LogP contribution in [0.25, 0.3) is 0 Å². The van der Waals surface area contributed by atoms with Crippen LogP contribution in [-0.4, -0.2) is 9.97 Å². The zero-order valence-electron chi connectivity index (χ0n) is 13.8. The molecule has 0 unspecified atom stereocenters. The lowest BCUT2D eigenvalue weighted by Crippen LogP contribution is -2.02. The highest BCUT2D eigenvalue weighted by molar-refractivity contribution is 7.98. The minimum atomic E-state index is -2.72. The van der Waals surface area contributed by atoms with Gasteiger partial charge in [0.1, 0.15) is 11.1 Å². The van der Waals surface area contributed by atoms with Crippen molar-refractivity contribution in [1.82, 2.24) is 9.97 Å². The number of benzene rings is 1. The largest absolute Gasteiger partial charge is 0.265 e. The first kappa shape index (κ1) is 18.0. The molecule has 0 aliphatic rings. The lowest BCUT2D eigenvalue weighted by Gasteiger charge is -2.11. The maximum atomic E-state index is 13.5. The molecule has 3 rings (SSSR count). The molecule has 2 heterocycles. The van der Waals surface area contributed by atoms with Gasteiger partial charge in [0, 0.05) is 35.8 Å². The highest BCUT2D eigenvalue weighted by Gasteiger charge is 2.20. The molecular formula is C20H15F2N3S. The highest BCUT2D eigenvalue weighted by atomic mass is 32.2. The van der Waals surface area contributed by atoms with Crippen molar-refractivity contribution in [3.05, 3.63) is 88.9 Å². The highest BCUT2D eigenvalue weighted by Crippen LogP contribution is 2.32. The van der Waals surface area contributed by atoms with E-state index in [0.717, 1.165) is 11.1 Å². The van der Waals surface area contributed by atoms with E-state index >= 15 is 0 Å². The Morgan fingerprint density at radius 2 is 1.85 bits per heavy atom. The summed E-state index contributed by atoms with van der Waals surface area (Å²) in [6.07, 6.45) is 1.09. The molecule has 0 bridgehead atoms. The van der Waals surface area contributed by atoms with Gasteiger partial charge in [-0.2, -0.15) is 5.26 Å². The topological polar surface area (TPSA) is 49.6 Å². The van der Waals surface area contributed by atoms with Crippen molar-refractivity contribution in [3.63, 3.8) is 0 Å².